The number of para-hydroxylation sites is 2. The molecule has 212 valence electrons. The molecule has 0 atom stereocenters. The van der Waals surface area contributed by atoms with Gasteiger partial charge in [-0.2, -0.15) is 0 Å². The topological polar surface area (TPSA) is 76.2 Å². The quantitative estimate of drug-likeness (QED) is 0.110. The Morgan fingerprint density at radius 3 is 1.81 bits per heavy atom. The Bertz CT molecular complexity index is 1600. The van der Waals surface area contributed by atoms with Crippen LogP contribution in [0.4, 0.5) is 16.2 Å². The Balaban J connectivity index is 1.55. The predicted octanol–water partition coefficient (Wildman–Crippen LogP) is 7.47. The summed E-state index contributed by atoms with van der Waals surface area (Å²) in [5.74, 6) is -0.336. The third-order valence-electron chi connectivity index (χ3n) is 6.59. The van der Waals surface area contributed by atoms with E-state index in [1.165, 1.54) is 6.08 Å². The molecule has 5 rings (SSSR count). The van der Waals surface area contributed by atoms with Crippen molar-refractivity contribution in [1.29, 1.82) is 0 Å². The number of hydrogen-bond acceptors (Lipinski definition) is 5. The van der Waals surface area contributed by atoms with Crippen molar-refractivity contribution in [3.05, 3.63) is 122 Å². The molecule has 1 aliphatic heterocycles. The number of aryl methyl sites for hydroxylation is 2. The Hall–Kier alpha value is -4.44. The summed E-state index contributed by atoms with van der Waals surface area (Å²) >= 11 is 2.16. The Morgan fingerprint density at radius 2 is 1.29 bits per heavy atom. The molecule has 1 fully saturated rings. The fraction of sp³-hybridized carbons (Fsp3) is 0.147. The van der Waals surface area contributed by atoms with Gasteiger partial charge in [-0.25, -0.2) is 14.6 Å². The number of barbiturate groups is 1. The van der Waals surface area contributed by atoms with Crippen molar-refractivity contribution in [2.45, 2.75) is 27.4 Å². The molecule has 4 amide bonds. The van der Waals surface area contributed by atoms with Gasteiger partial charge in [0.15, 0.2) is 11.5 Å². The van der Waals surface area contributed by atoms with Crippen LogP contribution in [-0.2, 0) is 16.2 Å². The summed E-state index contributed by atoms with van der Waals surface area (Å²) < 4.78 is 12.9. The van der Waals surface area contributed by atoms with Crippen LogP contribution in [0.2, 0.25) is 0 Å². The van der Waals surface area contributed by atoms with Gasteiger partial charge in [-0.15, -0.1) is 0 Å². The fourth-order valence-corrected chi connectivity index (χ4v) is 5.67. The highest BCUT2D eigenvalue weighted by Gasteiger charge is 2.43. The minimum absolute atomic E-state index is 0.149. The van der Waals surface area contributed by atoms with Gasteiger partial charge in [0.25, 0.3) is 11.8 Å². The van der Waals surface area contributed by atoms with Crippen molar-refractivity contribution in [1.82, 2.24) is 0 Å². The number of halogens is 1. The maximum absolute atomic E-state index is 13.7. The summed E-state index contributed by atoms with van der Waals surface area (Å²) in [4.78, 5) is 43.1. The first-order chi connectivity index (χ1) is 20.3. The van der Waals surface area contributed by atoms with Crippen LogP contribution in [0.25, 0.3) is 6.08 Å². The number of urea groups is 1. The van der Waals surface area contributed by atoms with Crippen LogP contribution in [0.15, 0.2) is 96.6 Å². The van der Waals surface area contributed by atoms with Crippen LogP contribution in [0.1, 0.15) is 29.2 Å². The number of benzene rings is 4. The van der Waals surface area contributed by atoms with Crippen molar-refractivity contribution in [2.75, 3.05) is 16.4 Å². The van der Waals surface area contributed by atoms with E-state index in [0.717, 1.165) is 30.1 Å². The SMILES string of the molecule is CCOc1cc(C=C2C(=O)N(c3ccccc3)C(=O)N(c3ccccc3)C2=O)cc(I)c1OCc1cc(C)cc(C)c1. The van der Waals surface area contributed by atoms with Crippen LogP contribution in [0.5, 0.6) is 11.5 Å². The van der Waals surface area contributed by atoms with Crippen LogP contribution in [-0.4, -0.2) is 24.5 Å². The molecule has 1 saturated heterocycles. The zero-order chi connectivity index (χ0) is 29.8. The number of anilines is 2. The highest BCUT2D eigenvalue weighted by atomic mass is 127. The van der Waals surface area contributed by atoms with Gasteiger partial charge in [-0.1, -0.05) is 65.7 Å². The zero-order valence-electron chi connectivity index (χ0n) is 23.5. The number of nitrogens with zero attached hydrogens (tertiary/aromatic N) is 2. The minimum atomic E-state index is -0.737. The van der Waals surface area contributed by atoms with Crippen molar-refractivity contribution in [3.63, 3.8) is 0 Å². The van der Waals surface area contributed by atoms with E-state index in [4.69, 9.17) is 9.47 Å². The van der Waals surface area contributed by atoms with Gasteiger partial charge in [-0.05, 0) is 97.0 Å². The maximum Gasteiger partial charge on any atom is 0.343 e. The normalized spacial score (nSPS) is 13.4. The summed E-state index contributed by atoms with van der Waals surface area (Å²) in [6.45, 7) is 6.73. The highest BCUT2D eigenvalue weighted by molar-refractivity contribution is 14.1. The molecule has 1 heterocycles. The van der Waals surface area contributed by atoms with Crippen molar-refractivity contribution >= 4 is 57.9 Å². The highest BCUT2D eigenvalue weighted by Crippen LogP contribution is 2.37. The van der Waals surface area contributed by atoms with E-state index in [-0.39, 0.29) is 5.57 Å². The molecule has 0 radical (unpaired) electrons. The van der Waals surface area contributed by atoms with Gasteiger partial charge < -0.3 is 9.47 Å². The van der Waals surface area contributed by atoms with E-state index in [2.05, 4.69) is 40.8 Å². The standard InChI is InChI=1S/C34H29IN2O5/c1-4-41-30-20-24(19-29(35)31(30)42-21-25-16-22(2)15-23(3)17-25)18-28-32(38)36(26-11-7-5-8-12-26)34(40)37(33(28)39)27-13-9-6-10-14-27/h5-20H,4,21H2,1-3H3. The Labute approximate surface area is 258 Å². The van der Waals surface area contributed by atoms with Crippen molar-refractivity contribution in [3.8, 4) is 11.5 Å². The van der Waals surface area contributed by atoms with E-state index < -0.39 is 17.8 Å². The molecule has 1 aliphatic rings. The fourth-order valence-electron chi connectivity index (χ4n) is 4.89. The van der Waals surface area contributed by atoms with E-state index in [9.17, 15) is 14.4 Å². The summed E-state index contributed by atoms with van der Waals surface area (Å²) in [5.41, 5.74) is 4.51. The third kappa shape index (κ3) is 6.08. The summed E-state index contributed by atoms with van der Waals surface area (Å²) in [7, 11) is 0. The first kappa shape index (κ1) is 29.1. The molecule has 8 heteroatoms. The number of ether oxygens (including phenoxy) is 2. The monoisotopic (exact) mass is 672 g/mol. The van der Waals surface area contributed by atoms with Gasteiger partial charge in [0, 0.05) is 0 Å². The third-order valence-corrected chi connectivity index (χ3v) is 7.39. The molecule has 7 nitrogen and oxygen atoms in total. The molecular formula is C34H29IN2O5. The number of imide groups is 2. The van der Waals surface area contributed by atoms with Gasteiger partial charge in [0.1, 0.15) is 12.2 Å². The number of carbonyl (C=O) groups is 3. The molecule has 0 aromatic heterocycles. The lowest BCUT2D eigenvalue weighted by Gasteiger charge is -2.34. The van der Waals surface area contributed by atoms with Crippen molar-refractivity contribution < 1.29 is 23.9 Å². The maximum atomic E-state index is 13.7. The second kappa shape index (κ2) is 12.6. The average molecular weight is 673 g/mol. The summed E-state index contributed by atoms with van der Waals surface area (Å²) in [5, 5.41) is 0. The van der Waals surface area contributed by atoms with Crippen LogP contribution in [0, 0.1) is 17.4 Å². The Morgan fingerprint density at radius 1 is 0.738 bits per heavy atom. The van der Waals surface area contributed by atoms with Crippen molar-refractivity contribution in [2.24, 2.45) is 0 Å². The second-order valence-electron chi connectivity index (χ2n) is 9.84. The number of rotatable bonds is 8. The lowest BCUT2D eigenvalue weighted by Crippen LogP contribution is -2.57. The second-order valence-corrected chi connectivity index (χ2v) is 11.0. The van der Waals surface area contributed by atoms with Crippen LogP contribution >= 0.6 is 22.6 Å². The van der Waals surface area contributed by atoms with Gasteiger partial charge in [-0.3, -0.25) is 9.59 Å². The molecule has 4 aromatic rings. The van der Waals surface area contributed by atoms with Gasteiger partial charge >= 0.3 is 6.03 Å². The summed E-state index contributed by atoms with van der Waals surface area (Å²) in [6.07, 6.45) is 1.50. The van der Waals surface area contributed by atoms with Crippen LogP contribution < -0.4 is 19.3 Å². The van der Waals surface area contributed by atoms with Crippen LogP contribution in [0.3, 0.4) is 0 Å². The number of hydrogen-bond donors (Lipinski definition) is 0. The smallest absolute Gasteiger partial charge is 0.343 e. The molecule has 0 aliphatic carbocycles. The minimum Gasteiger partial charge on any atom is -0.490 e. The number of amides is 4. The first-order valence-electron chi connectivity index (χ1n) is 13.5. The van der Waals surface area contributed by atoms with E-state index >= 15 is 0 Å². The zero-order valence-corrected chi connectivity index (χ0v) is 25.6. The molecule has 0 unspecified atom stereocenters. The summed E-state index contributed by atoms with van der Waals surface area (Å²) in [6, 6.07) is 26.2. The average Bonchev–Trinajstić information content (AvgIpc) is 2.96. The van der Waals surface area contributed by atoms with E-state index in [1.54, 1.807) is 66.7 Å². The molecule has 4 aromatic carbocycles. The van der Waals surface area contributed by atoms with E-state index in [0.29, 0.717) is 41.7 Å². The van der Waals surface area contributed by atoms with E-state index in [1.807, 2.05) is 26.8 Å². The molecule has 0 spiro atoms. The molecular weight excluding hydrogens is 643 g/mol. The molecule has 0 saturated carbocycles. The molecule has 0 bridgehead atoms. The predicted molar refractivity (Wildman–Crippen MR) is 172 cm³/mol. The van der Waals surface area contributed by atoms with Gasteiger partial charge in [0.05, 0.1) is 21.6 Å². The molecule has 0 N–H and O–H groups in total. The first-order valence-corrected chi connectivity index (χ1v) is 14.6. The Kier molecular flexibility index (Phi) is 8.72. The lowest BCUT2D eigenvalue weighted by molar-refractivity contribution is -0.121. The number of carbonyl (C=O) groups excluding carboxylic acids is 3. The molecule has 42 heavy (non-hydrogen) atoms. The lowest BCUT2D eigenvalue weighted by atomic mass is 10.0. The largest absolute Gasteiger partial charge is 0.490 e. The van der Waals surface area contributed by atoms with Gasteiger partial charge in [0.2, 0.25) is 0 Å².